The number of ether oxygens (including phenoxy) is 1. The second-order valence-electron chi connectivity index (χ2n) is 6.52. The van der Waals surface area contributed by atoms with Gasteiger partial charge in [0.15, 0.2) is 5.84 Å². The summed E-state index contributed by atoms with van der Waals surface area (Å²) in [6.45, 7) is 1.09. The number of fused-ring (bicyclic) bond motifs is 1. The Morgan fingerprint density at radius 1 is 1.07 bits per heavy atom. The fraction of sp³-hybridized carbons (Fsp3) is 0.263. The molecule has 0 aromatic heterocycles. The number of piperidine rings is 1. The van der Waals surface area contributed by atoms with Gasteiger partial charge in [-0.3, -0.25) is 4.79 Å². The van der Waals surface area contributed by atoms with Crippen molar-refractivity contribution in [2.24, 2.45) is 10.3 Å². The minimum absolute atomic E-state index is 0.231. The highest BCUT2D eigenvalue weighted by molar-refractivity contribution is 7.90. The van der Waals surface area contributed by atoms with Crippen molar-refractivity contribution in [3.63, 3.8) is 0 Å². The molecule has 0 aliphatic carbocycles. The zero-order valence-corrected chi connectivity index (χ0v) is 15.9. The van der Waals surface area contributed by atoms with Crippen molar-refractivity contribution in [3.8, 4) is 5.75 Å². The molecule has 140 valence electrons. The van der Waals surface area contributed by atoms with E-state index in [0.29, 0.717) is 48.1 Å². The van der Waals surface area contributed by atoms with Crippen LogP contribution < -0.4 is 4.74 Å². The highest BCUT2D eigenvalue weighted by Crippen LogP contribution is 2.30. The number of amidine groups is 1. The number of carbonyl (C=O) groups excluding carboxylic acids is 1. The first-order valence-electron chi connectivity index (χ1n) is 8.60. The van der Waals surface area contributed by atoms with Gasteiger partial charge in [-0.1, -0.05) is 23.7 Å². The fourth-order valence-electron chi connectivity index (χ4n) is 3.35. The third kappa shape index (κ3) is 3.57. The molecule has 0 radical (unpaired) electrons. The number of esters is 1. The summed E-state index contributed by atoms with van der Waals surface area (Å²) in [5.41, 5.74) is 0.625. The third-order valence-electron chi connectivity index (χ3n) is 4.77. The van der Waals surface area contributed by atoms with Crippen molar-refractivity contribution >= 4 is 33.4 Å². The number of likely N-dealkylation sites (tertiary alicyclic amines) is 1. The van der Waals surface area contributed by atoms with Crippen molar-refractivity contribution in [1.29, 1.82) is 0 Å². The van der Waals surface area contributed by atoms with E-state index in [1.54, 1.807) is 48.5 Å². The van der Waals surface area contributed by atoms with E-state index in [9.17, 15) is 13.2 Å². The molecule has 2 aromatic rings. The maximum Gasteiger partial charge on any atom is 0.314 e. The largest absolute Gasteiger partial charge is 0.426 e. The topological polar surface area (TPSA) is 76.0 Å². The first kappa shape index (κ1) is 18.0. The molecule has 2 aliphatic rings. The van der Waals surface area contributed by atoms with E-state index in [2.05, 4.69) is 4.40 Å². The molecule has 2 aliphatic heterocycles. The lowest BCUT2D eigenvalue weighted by atomic mass is 9.96. The smallest absolute Gasteiger partial charge is 0.314 e. The van der Waals surface area contributed by atoms with Gasteiger partial charge in [-0.15, -0.1) is 4.40 Å². The molecular weight excluding hydrogens is 388 g/mol. The van der Waals surface area contributed by atoms with E-state index in [1.807, 2.05) is 4.90 Å². The number of carbonyl (C=O) groups is 1. The molecule has 1 saturated heterocycles. The fourth-order valence-corrected chi connectivity index (χ4v) is 4.70. The molecule has 0 spiro atoms. The summed E-state index contributed by atoms with van der Waals surface area (Å²) >= 11 is 5.83. The Bertz CT molecular complexity index is 1010. The minimum Gasteiger partial charge on any atom is -0.426 e. The molecule has 1 fully saturated rings. The van der Waals surface area contributed by atoms with E-state index < -0.39 is 10.0 Å². The highest BCUT2D eigenvalue weighted by atomic mass is 35.5. The Morgan fingerprint density at radius 2 is 1.74 bits per heavy atom. The van der Waals surface area contributed by atoms with E-state index >= 15 is 0 Å². The lowest BCUT2D eigenvalue weighted by Gasteiger charge is -2.32. The van der Waals surface area contributed by atoms with Gasteiger partial charge in [-0.25, -0.2) is 0 Å². The molecule has 0 bridgehead atoms. The second kappa shape index (κ2) is 6.98. The van der Waals surface area contributed by atoms with Crippen LogP contribution in [0, 0.1) is 5.92 Å². The molecule has 4 rings (SSSR count). The van der Waals surface area contributed by atoms with Crippen LogP contribution in [0.5, 0.6) is 5.75 Å². The standard InChI is InChI=1S/C19H17ClN2O4S/c20-14-5-7-15(8-6-14)26-19(23)13-9-11-22(12-10-13)18-16-3-1-2-4-17(16)27(24,25)21-18/h1-8,13H,9-12H2. The van der Waals surface area contributed by atoms with Crippen LogP contribution in [-0.2, 0) is 14.8 Å². The quantitative estimate of drug-likeness (QED) is 0.567. The van der Waals surface area contributed by atoms with Gasteiger partial charge < -0.3 is 9.64 Å². The SMILES string of the molecule is O=C(Oc1ccc(Cl)cc1)C1CCN(C2=NS(=O)(=O)c3ccccc32)CC1. The molecule has 2 heterocycles. The van der Waals surface area contributed by atoms with E-state index in [1.165, 1.54) is 0 Å². The molecule has 27 heavy (non-hydrogen) atoms. The van der Waals surface area contributed by atoms with Crippen LogP contribution in [0.15, 0.2) is 57.8 Å². The molecule has 8 heteroatoms. The molecule has 6 nitrogen and oxygen atoms in total. The Balaban J connectivity index is 1.42. The van der Waals surface area contributed by atoms with Gasteiger partial charge in [0.2, 0.25) is 0 Å². The first-order chi connectivity index (χ1) is 12.9. The summed E-state index contributed by atoms with van der Waals surface area (Å²) in [7, 11) is -3.63. The van der Waals surface area contributed by atoms with Crippen molar-refractivity contribution < 1.29 is 17.9 Å². The summed E-state index contributed by atoms with van der Waals surface area (Å²) in [5, 5.41) is 0.579. The summed E-state index contributed by atoms with van der Waals surface area (Å²) in [6, 6.07) is 13.5. The minimum atomic E-state index is -3.63. The summed E-state index contributed by atoms with van der Waals surface area (Å²) < 4.78 is 33.8. The summed E-state index contributed by atoms with van der Waals surface area (Å²) in [4.78, 5) is 14.5. The Labute approximate surface area is 162 Å². The number of nitrogens with zero attached hydrogens (tertiary/aromatic N) is 2. The van der Waals surface area contributed by atoms with Crippen LogP contribution in [-0.4, -0.2) is 38.2 Å². The number of rotatable bonds is 2. The predicted molar refractivity (Wildman–Crippen MR) is 102 cm³/mol. The van der Waals surface area contributed by atoms with Gasteiger partial charge in [-0.2, -0.15) is 8.42 Å². The van der Waals surface area contributed by atoms with Gasteiger partial charge in [0.05, 0.1) is 5.92 Å². The average Bonchev–Trinajstić information content (AvgIpc) is 2.95. The molecule has 2 aromatic carbocycles. The summed E-state index contributed by atoms with van der Waals surface area (Å²) in [5.74, 6) is 0.422. The number of sulfonamides is 1. The van der Waals surface area contributed by atoms with Crippen LogP contribution >= 0.6 is 11.6 Å². The Morgan fingerprint density at radius 3 is 2.44 bits per heavy atom. The van der Waals surface area contributed by atoms with Gasteiger partial charge >= 0.3 is 5.97 Å². The monoisotopic (exact) mass is 404 g/mol. The van der Waals surface area contributed by atoms with E-state index in [0.717, 1.165) is 0 Å². The highest BCUT2D eigenvalue weighted by Gasteiger charge is 2.34. The normalized spacial score (nSPS) is 18.7. The van der Waals surface area contributed by atoms with Gasteiger partial charge in [0, 0.05) is 23.7 Å². The van der Waals surface area contributed by atoms with Crippen LogP contribution in [0.3, 0.4) is 0 Å². The van der Waals surface area contributed by atoms with Gasteiger partial charge in [-0.05, 0) is 49.2 Å². The van der Waals surface area contributed by atoms with Crippen LogP contribution in [0.4, 0.5) is 0 Å². The predicted octanol–water partition coefficient (Wildman–Crippen LogP) is 3.11. The Kier molecular flexibility index (Phi) is 4.65. The molecule has 0 saturated carbocycles. The van der Waals surface area contributed by atoms with Gasteiger partial charge in [0.25, 0.3) is 10.0 Å². The molecule has 0 N–H and O–H groups in total. The summed E-state index contributed by atoms with van der Waals surface area (Å²) in [6.07, 6.45) is 1.15. The first-order valence-corrected chi connectivity index (χ1v) is 10.4. The number of hydrogen-bond acceptors (Lipinski definition) is 5. The molecule has 0 amide bonds. The average molecular weight is 405 g/mol. The van der Waals surface area contributed by atoms with Crippen molar-refractivity contribution in [2.45, 2.75) is 17.7 Å². The Hall–Kier alpha value is -2.38. The third-order valence-corrected chi connectivity index (χ3v) is 6.35. The van der Waals surface area contributed by atoms with Gasteiger partial charge in [0.1, 0.15) is 10.6 Å². The van der Waals surface area contributed by atoms with Crippen LogP contribution in [0.1, 0.15) is 18.4 Å². The van der Waals surface area contributed by atoms with Crippen molar-refractivity contribution in [3.05, 3.63) is 59.1 Å². The molecule has 0 unspecified atom stereocenters. The van der Waals surface area contributed by atoms with E-state index in [-0.39, 0.29) is 16.8 Å². The second-order valence-corrected chi connectivity index (χ2v) is 8.53. The van der Waals surface area contributed by atoms with Crippen molar-refractivity contribution in [2.75, 3.05) is 13.1 Å². The lowest BCUT2D eigenvalue weighted by Crippen LogP contribution is -2.41. The zero-order chi connectivity index (χ0) is 19.0. The van der Waals surface area contributed by atoms with Crippen molar-refractivity contribution in [1.82, 2.24) is 4.90 Å². The number of halogens is 1. The molecule has 0 atom stereocenters. The van der Waals surface area contributed by atoms with Crippen LogP contribution in [0.2, 0.25) is 5.02 Å². The maximum atomic E-state index is 12.4. The number of hydrogen-bond donors (Lipinski definition) is 0. The number of benzene rings is 2. The maximum absolute atomic E-state index is 12.4. The van der Waals surface area contributed by atoms with E-state index in [4.69, 9.17) is 16.3 Å². The zero-order valence-electron chi connectivity index (χ0n) is 14.3. The van der Waals surface area contributed by atoms with Crippen LogP contribution in [0.25, 0.3) is 0 Å². The molecular formula is C19H17ClN2O4S. The lowest BCUT2D eigenvalue weighted by molar-refractivity contribution is -0.140.